The van der Waals surface area contributed by atoms with Crippen LogP contribution in [-0.4, -0.2) is 26.5 Å². The first kappa shape index (κ1) is 10.3. The lowest BCUT2D eigenvalue weighted by atomic mass is 10.4. The Morgan fingerprint density at radius 3 is 3.13 bits per heavy atom. The second kappa shape index (κ2) is 4.99. The van der Waals surface area contributed by atoms with Crippen LogP contribution in [0.1, 0.15) is 10.7 Å². The van der Waals surface area contributed by atoms with Gasteiger partial charge in [0.25, 0.3) is 0 Å². The lowest BCUT2D eigenvalue weighted by Gasteiger charge is -2.01. The first-order chi connectivity index (χ1) is 7.34. The van der Waals surface area contributed by atoms with Crippen molar-refractivity contribution in [3.05, 3.63) is 28.5 Å². The lowest BCUT2D eigenvalue weighted by Crippen LogP contribution is -2.20. The first-order valence-corrected chi connectivity index (χ1v) is 5.68. The number of aryl methyl sites for hydroxylation is 1. The van der Waals surface area contributed by atoms with E-state index in [0.717, 1.165) is 30.3 Å². The summed E-state index contributed by atoms with van der Waals surface area (Å²) in [7, 11) is 0. The second-order valence-electron chi connectivity index (χ2n) is 3.20. The van der Waals surface area contributed by atoms with Gasteiger partial charge in [-0.1, -0.05) is 5.21 Å². The Hall–Kier alpha value is -1.27. The van der Waals surface area contributed by atoms with Crippen LogP contribution in [0.25, 0.3) is 0 Å². The van der Waals surface area contributed by atoms with Crippen LogP contribution in [0.5, 0.6) is 0 Å². The van der Waals surface area contributed by atoms with Crippen LogP contribution in [0.15, 0.2) is 17.8 Å². The van der Waals surface area contributed by atoms with Crippen molar-refractivity contribution in [1.29, 1.82) is 0 Å². The van der Waals surface area contributed by atoms with Crippen molar-refractivity contribution in [3.8, 4) is 0 Å². The highest BCUT2D eigenvalue weighted by atomic mass is 32.1. The van der Waals surface area contributed by atoms with Crippen LogP contribution < -0.4 is 5.32 Å². The third kappa shape index (κ3) is 3.10. The average molecular weight is 223 g/mol. The summed E-state index contributed by atoms with van der Waals surface area (Å²) in [4.78, 5) is 4.37. The average Bonchev–Trinajstić information content (AvgIpc) is 2.84. The van der Waals surface area contributed by atoms with Crippen molar-refractivity contribution >= 4 is 11.3 Å². The molecule has 0 unspecified atom stereocenters. The second-order valence-corrected chi connectivity index (χ2v) is 4.26. The summed E-state index contributed by atoms with van der Waals surface area (Å²) in [5, 5.41) is 14.1. The molecule has 6 heteroatoms. The summed E-state index contributed by atoms with van der Waals surface area (Å²) >= 11 is 1.68. The van der Waals surface area contributed by atoms with Crippen LogP contribution in [0.4, 0.5) is 0 Å². The van der Waals surface area contributed by atoms with Gasteiger partial charge in [-0.2, -0.15) is 0 Å². The molecule has 5 nitrogen and oxygen atoms in total. The van der Waals surface area contributed by atoms with E-state index < -0.39 is 0 Å². The minimum absolute atomic E-state index is 0.818. The van der Waals surface area contributed by atoms with Gasteiger partial charge in [0.05, 0.1) is 23.4 Å². The topological polar surface area (TPSA) is 55.6 Å². The van der Waals surface area contributed by atoms with E-state index in [1.807, 2.05) is 13.1 Å². The Morgan fingerprint density at radius 1 is 1.53 bits per heavy atom. The van der Waals surface area contributed by atoms with Gasteiger partial charge in [-0.3, -0.25) is 4.68 Å². The van der Waals surface area contributed by atoms with Gasteiger partial charge in [-0.05, 0) is 6.92 Å². The molecule has 0 aliphatic heterocycles. The van der Waals surface area contributed by atoms with Crippen LogP contribution in [0, 0.1) is 6.92 Å². The SMILES string of the molecule is Cc1nc(CNCCn2ccnn2)cs1. The van der Waals surface area contributed by atoms with Crippen LogP contribution in [-0.2, 0) is 13.1 Å². The van der Waals surface area contributed by atoms with Crippen molar-refractivity contribution in [2.45, 2.75) is 20.0 Å². The molecule has 2 aromatic heterocycles. The third-order valence-corrected chi connectivity index (χ3v) is 2.78. The van der Waals surface area contributed by atoms with E-state index in [0.29, 0.717) is 0 Å². The van der Waals surface area contributed by atoms with Crippen molar-refractivity contribution < 1.29 is 0 Å². The smallest absolute Gasteiger partial charge is 0.0897 e. The molecular formula is C9H13N5S. The molecule has 0 saturated carbocycles. The highest BCUT2D eigenvalue weighted by Crippen LogP contribution is 2.06. The Morgan fingerprint density at radius 2 is 2.47 bits per heavy atom. The molecule has 0 spiro atoms. The molecule has 0 aliphatic rings. The molecule has 0 fully saturated rings. The van der Waals surface area contributed by atoms with Crippen molar-refractivity contribution in [2.75, 3.05) is 6.54 Å². The highest BCUT2D eigenvalue weighted by molar-refractivity contribution is 7.09. The van der Waals surface area contributed by atoms with Gasteiger partial charge in [-0.15, -0.1) is 16.4 Å². The maximum atomic E-state index is 4.37. The molecule has 0 atom stereocenters. The Labute approximate surface area is 92.2 Å². The van der Waals surface area contributed by atoms with Gasteiger partial charge < -0.3 is 5.32 Å². The fourth-order valence-corrected chi connectivity index (χ4v) is 1.86. The summed E-state index contributed by atoms with van der Waals surface area (Å²) in [5.74, 6) is 0. The predicted octanol–water partition coefficient (Wildman–Crippen LogP) is 0.833. The maximum absolute atomic E-state index is 4.37. The van der Waals surface area contributed by atoms with Gasteiger partial charge in [0, 0.05) is 24.7 Å². The van der Waals surface area contributed by atoms with Crippen molar-refractivity contribution in [1.82, 2.24) is 25.3 Å². The fourth-order valence-electron chi connectivity index (χ4n) is 1.25. The Kier molecular flexibility index (Phi) is 3.41. The molecular weight excluding hydrogens is 210 g/mol. The monoisotopic (exact) mass is 223 g/mol. The van der Waals surface area contributed by atoms with E-state index >= 15 is 0 Å². The maximum Gasteiger partial charge on any atom is 0.0897 e. The van der Waals surface area contributed by atoms with E-state index in [1.54, 1.807) is 22.2 Å². The van der Waals surface area contributed by atoms with E-state index in [2.05, 4.69) is 26.0 Å². The summed E-state index contributed by atoms with van der Waals surface area (Å²) in [5.41, 5.74) is 1.11. The summed E-state index contributed by atoms with van der Waals surface area (Å²) < 4.78 is 1.80. The normalized spacial score (nSPS) is 10.7. The van der Waals surface area contributed by atoms with E-state index in [9.17, 15) is 0 Å². The summed E-state index contributed by atoms with van der Waals surface area (Å²) in [6, 6.07) is 0. The molecule has 15 heavy (non-hydrogen) atoms. The molecule has 0 aromatic carbocycles. The fraction of sp³-hybridized carbons (Fsp3) is 0.444. The number of aromatic nitrogens is 4. The van der Waals surface area contributed by atoms with Gasteiger partial charge in [0.15, 0.2) is 0 Å². The van der Waals surface area contributed by atoms with Gasteiger partial charge >= 0.3 is 0 Å². The standard InChI is InChI=1S/C9H13N5S/c1-8-12-9(7-15-8)6-10-2-4-14-5-3-11-13-14/h3,5,7,10H,2,4,6H2,1H3. The number of hydrogen-bond acceptors (Lipinski definition) is 5. The Bertz CT molecular complexity index is 394. The number of nitrogens with zero attached hydrogens (tertiary/aromatic N) is 4. The van der Waals surface area contributed by atoms with Crippen molar-refractivity contribution in [2.24, 2.45) is 0 Å². The number of rotatable bonds is 5. The Balaban J connectivity index is 1.67. The van der Waals surface area contributed by atoms with Gasteiger partial charge in [0.1, 0.15) is 0 Å². The molecule has 2 heterocycles. The van der Waals surface area contributed by atoms with Gasteiger partial charge in [0.2, 0.25) is 0 Å². The minimum Gasteiger partial charge on any atom is -0.309 e. The van der Waals surface area contributed by atoms with Crippen LogP contribution in [0.2, 0.25) is 0 Å². The van der Waals surface area contributed by atoms with Gasteiger partial charge in [-0.25, -0.2) is 4.98 Å². The minimum atomic E-state index is 0.818. The molecule has 0 amide bonds. The van der Waals surface area contributed by atoms with E-state index in [1.165, 1.54) is 0 Å². The van der Waals surface area contributed by atoms with E-state index in [-0.39, 0.29) is 0 Å². The zero-order chi connectivity index (χ0) is 10.5. The molecule has 80 valence electrons. The summed E-state index contributed by atoms with van der Waals surface area (Å²) in [6.07, 6.45) is 3.54. The molecule has 0 aliphatic carbocycles. The first-order valence-electron chi connectivity index (χ1n) is 4.80. The zero-order valence-corrected chi connectivity index (χ0v) is 9.37. The largest absolute Gasteiger partial charge is 0.309 e. The number of hydrogen-bond donors (Lipinski definition) is 1. The highest BCUT2D eigenvalue weighted by Gasteiger charge is 1.97. The molecule has 2 aromatic rings. The molecule has 1 N–H and O–H groups in total. The van der Waals surface area contributed by atoms with Crippen molar-refractivity contribution in [3.63, 3.8) is 0 Å². The molecule has 2 rings (SSSR count). The predicted molar refractivity (Wildman–Crippen MR) is 58.6 cm³/mol. The lowest BCUT2D eigenvalue weighted by molar-refractivity contribution is 0.538. The molecule has 0 bridgehead atoms. The van der Waals surface area contributed by atoms with Crippen LogP contribution >= 0.6 is 11.3 Å². The molecule has 0 saturated heterocycles. The quantitative estimate of drug-likeness (QED) is 0.763. The number of thiazole rings is 1. The van der Waals surface area contributed by atoms with Crippen LogP contribution in [0.3, 0.4) is 0 Å². The summed E-state index contributed by atoms with van der Waals surface area (Å²) in [6.45, 7) is 4.55. The number of nitrogens with one attached hydrogen (secondary N) is 1. The zero-order valence-electron chi connectivity index (χ0n) is 8.55. The van der Waals surface area contributed by atoms with E-state index in [4.69, 9.17) is 0 Å². The molecule has 0 radical (unpaired) electrons. The third-order valence-electron chi connectivity index (χ3n) is 1.96.